The third-order valence-electron chi connectivity index (χ3n) is 5.78. The van der Waals surface area contributed by atoms with Crippen LogP contribution in [-0.2, 0) is 17.9 Å². The van der Waals surface area contributed by atoms with Crippen molar-refractivity contribution in [1.29, 1.82) is 0 Å². The Morgan fingerprint density at radius 1 is 1.11 bits per heavy atom. The van der Waals surface area contributed by atoms with E-state index in [4.69, 9.17) is 4.74 Å². The van der Waals surface area contributed by atoms with Crippen molar-refractivity contribution in [2.45, 2.75) is 45.4 Å². The second-order valence-electron chi connectivity index (χ2n) is 7.91. The van der Waals surface area contributed by atoms with Crippen LogP contribution in [-0.4, -0.2) is 46.4 Å². The van der Waals surface area contributed by atoms with E-state index in [9.17, 15) is 4.79 Å². The van der Waals surface area contributed by atoms with E-state index in [0.717, 1.165) is 56.9 Å². The van der Waals surface area contributed by atoms with Crippen molar-refractivity contribution in [3.8, 4) is 5.75 Å². The second-order valence-corrected chi connectivity index (χ2v) is 7.91. The van der Waals surface area contributed by atoms with E-state index >= 15 is 0 Å². The van der Waals surface area contributed by atoms with Crippen LogP contribution in [0.15, 0.2) is 48.7 Å². The maximum absolute atomic E-state index is 12.7. The van der Waals surface area contributed by atoms with Gasteiger partial charge in [-0.05, 0) is 49.1 Å². The van der Waals surface area contributed by atoms with Crippen molar-refractivity contribution in [3.05, 3.63) is 59.9 Å². The van der Waals surface area contributed by atoms with Crippen molar-refractivity contribution in [3.63, 3.8) is 0 Å². The van der Waals surface area contributed by atoms with Gasteiger partial charge in [-0.3, -0.25) is 14.7 Å². The van der Waals surface area contributed by atoms with Gasteiger partial charge in [0.2, 0.25) is 5.91 Å². The van der Waals surface area contributed by atoms with Gasteiger partial charge < -0.3 is 9.64 Å². The Kier molecular flexibility index (Phi) is 5.91. The fraction of sp³-hybridized carbons (Fsp3) is 0.478. The zero-order valence-electron chi connectivity index (χ0n) is 16.6. The van der Waals surface area contributed by atoms with Gasteiger partial charge in [0, 0.05) is 38.4 Å². The molecule has 5 nitrogen and oxygen atoms in total. The lowest BCUT2D eigenvalue weighted by Gasteiger charge is -2.35. The normalized spacial score (nSPS) is 22.3. The number of fused-ring (bicyclic) bond motifs is 4. The molecule has 1 aromatic heterocycles. The number of carbonyl (C=O) groups is 1. The first-order valence-electron chi connectivity index (χ1n) is 10.4. The number of hydrogen-bond donors (Lipinski definition) is 0. The maximum Gasteiger partial charge on any atom is 0.227 e. The summed E-state index contributed by atoms with van der Waals surface area (Å²) in [4.78, 5) is 21.6. The fourth-order valence-corrected chi connectivity index (χ4v) is 4.38. The number of nitrogens with zero attached hydrogens (tertiary/aromatic N) is 3. The minimum Gasteiger partial charge on any atom is -0.487 e. The van der Waals surface area contributed by atoms with Crippen LogP contribution in [0, 0.1) is 5.92 Å². The monoisotopic (exact) mass is 379 g/mol. The van der Waals surface area contributed by atoms with Crippen LogP contribution >= 0.6 is 0 Å². The summed E-state index contributed by atoms with van der Waals surface area (Å²) in [5.41, 5.74) is 2.19. The minimum atomic E-state index is 0.172. The van der Waals surface area contributed by atoms with Crippen molar-refractivity contribution >= 4 is 5.91 Å². The highest BCUT2D eigenvalue weighted by molar-refractivity contribution is 5.80. The highest BCUT2D eigenvalue weighted by Crippen LogP contribution is 2.30. The quantitative estimate of drug-likeness (QED) is 0.739. The third kappa shape index (κ3) is 4.36. The summed E-state index contributed by atoms with van der Waals surface area (Å²) in [5, 5.41) is 0. The molecule has 2 bridgehead atoms. The van der Waals surface area contributed by atoms with E-state index in [1.165, 1.54) is 5.56 Å². The molecule has 2 atom stereocenters. The average Bonchev–Trinajstić information content (AvgIpc) is 3.00. The Morgan fingerprint density at radius 2 is 1.96 bits per heavy atom. The lowest BCUT2D eigenvalue weighted by atomic mass is 9.94. The summed E-state index contributed by atoms with van der Waals surface area (Å²) in [7, 11) is 0. The van der Waals surface area contributed by atoms with Gasteiger partial charge in [0.1, 0.15) is 12.4 Å². The van der Waals surface area contributed by atoms with Crippen LogP contribution in [0.4, 0.5) is 0 Å². The standard InChI is InChI=1S/C23H29N3O2/c1-2-13-26-21-9-8-19(23(26)27)15-25(16-21)14-18-6-10-22(11-7-18)28-17-20-5-3-4-12-24-20/h3-7,10-12,19,21H,2,8-9,13-17H2,1H3/t19-,21+/m1/s1. The number of pyridine rings is 1. The third-order valence-corrected chi connectivity index (χ3v) is 5.78. The molecule has 28 heavy (non-hydrogen) atoms. The molecule has 0 unspecified atom stereocenters. The zero-order chi connectivity index (χ0) is 19.3. The van der Waals surface area contributed by atoms with E-state index in [2.05, 4.69) is 33.8 Å². The molecule has 0 spiro atoms. The Balaban J connectivity index is 1.35. The molecule has 3 saturated heterocycles. The van der Waals surface area contributed by atoms with Gasteiger partial charge in [-0.25, -0.2) is 0 Å². The molecule has 1 aromatic carbocycles. The van der Waals surface area contributed by atoms with Gasteiger partial charge in [-0.15, -0.1) is 0 Å². The molecule has 1 amide bonds. The van der Waals surface area contributed by atoms with Crippen molar-refractivity contribution in [2.24, 2.45) is 5.92 Å². The number of ether oxygens (including phenoxy) is 1. The highest BCUT2D eigenvalue weighted by atomic mass is 16.5. The highest BCUT2D eigenvalue weighted by Gasteiger charge is 2.39. The van der Waals surface area contributed by atoms with E-state index in [-0.39, 0.29) is 5.92 Å². The minimum absolute atomic E-state index is 0.172. The molecule has 0 radical (unpaired) electrons. The largest absolute Gasteiger partial charge is 0.487 e. The van der Waals surface area contributed by atoms with Crippen molar-refractivity contribution < 1.29 is 9.53 Å². The van der Waals surface area contributed by atoms with Gasteiger partial charge in [-0.1, -0.05) is 25.1 Å². The van der Waals surface area contributed by atoms with Crippen LogP contribution in [0.3, 0.4) is 0 Å². The Morgan fingerprint density at radius 3 is 2.71 bits per heavy atom. The van der Waals surface area contributed by atoms with Crippen molar-refractivity contribution in [2.75, 3.05) is 19.6 Å². The predicted octanol–water partition coefficient (Wildman–Crippen LogP) is 3.49. The van der Waals surface area contributed by atoms with Gasteiger partial charge in [0.05, 0.1) is 11.6 Å². The molecule has 5 heteroatoms. The van der Waals surface area contributed by atoms with Gasteiger partial charge in [0.25, 0.3) is 0 Å². The summed E-state index contributed by atoms with van der Waals surface area (Å²) in [6, 6.07) is 14.5. The molecular formula is C23H29N3O2. The van der Waals surface area contributed by atoms with Crippen LogP contribution in [0.5, 0.6) is 5.75 Å². The van der Waals surface area contributed by atoms with E-state index in [1.807, 2.05) is 30.3 Å². The average molecular weight is 380 g/mol. The fourth-order valence-electron chi connectivity index (χ4n) is 4.38. The SMILES string of the molecule is CCCN1C(=O)[C@@H]2CC[C@H]1CN(Cc1ccc(OCc3ccccn3)cc1)C2. The first-order chi connectivity index (χ1) is 13.7. The Hall–Kier alpha value is -2.40. The summed E-state index contributed by atoms with van der Waals surface area (Å²) in [6.45, 7) is 6.29. The molecule has 0 saturated carbocycles. The summed E-state index contributed by atoms with van der Waals surface area (Å²) < 4.78 is 5.83. The molecule has 4 heterocycles. The van der Waals surface area contributed by atoms with E-state index in [0.29, 0.717) is 18.6 Å². The van der Waals surface area contributed by atoms with Crippen LogP contribution in [0.1, 0.15) is 37.4 Å². The Bertz CT molecular complexity index is 778. The summed E-state index contributed by atoms with van der Waals surface area (Å²) in [6.07, 6.45) is 5.01. The molecule has 3 aliphatic rings. The summed E-state index contributed by atoms with van der Waals surface area (Å²) in [5.74, 6) is 1.40. The molecule has 3 fully saturated rings. The number of benzene rings is 1. The molecule has 2 aromatic rings. The molecule has 0 aliphatic carbocycles. The molecule has 3 aliphatic heterocycles. The van der Waals surface area contributed by atoms with Crippen molar-refractivity contribution in [1.82, 2.24) is 14.8 Å². The maximum atomic E-state index is 12.7. The number of hydrogen-bond acceptors (Lipinski definition) is 4. The smallest absolute Gasteiger partial charge is 0.227 e. The number of piperidine rings is 1. The van der Waals surface area contributed by atoms with Crippen LogP contribution in [0.2, 0.25) is 0 Å². The van der Waals surface area contributed by atoms with Gasteiger partial charge in [0.15, 0.2) is 0 Å². The topological polar surface area (TPSA) is 45.7 Å². The second kappa shape index (κ2) is 8.74. The number of rotatable bonds is 7. The van der Waals surface area contributed by atoms with Gasteiger partial charge >= 0.3 is 0 Å². The van der Waals surface area contributed by atoms with E-state index < -0.39 is 0 Å². The lowest BCUT2D eigenvalue weighted by Crippen LogP contribution is -2.48. The number of aromatic nitrogens is 1. The van der Waals surface area contributed by atoms with Gasteiger partial charge in [-0.2, -0.15) is 0 Å². The summed E-state index contributed by atoms with van der Waals surface area (Å²) >= 11 is 0. The number of carbonyl (C=O) groups excluding carboxylic acids is 1. The van der Waals surface area contributed by atoms with Crippen LogP contribution < -0.4 is 4.74 Å². The lowest BCUT2D eigenvalue weighted by molar-refractivity contribution is -0.139. The molecule has 148 valence electrons. The van der Waals surface area contributed by atoms with E-state index in [1.54, 1.807) is 6.20 Å². The molecule has 5 rings (SSSR count). The van der Waals surface area contributed by atoms with Crippen LogP contribution in [0.25, 0.3) is 0 Å². The predicted molar refractivity (Wildman–Crippen MR) is 109 cm³/mol. The first-order valence-corrected chi connectivity index (χ1v) is 10.4. The first kappa shape index (κ1) is 18.9. The Labute approximate surface area is 167 Å². The molecule has 0 N–H and O–H groups in total. The number of amides is 1. The zero-order valence-corrected chi connectivity index (χ0v) is 16.6. The molecular weight excluding hydrogens is 350 g/mol.